The second-order valence-corrected chi connectivity index (χ2v) is 3.85. The van der Waals surface area contributed by atoms with Crippen LogP contribution in [0.4, 0.5) is 0 Å². The molecule has 1 aromatic rings. The van der Waals surface area contributed by atoms with Gasteiger partial charge in [-0.3, -0.25) is 0 Å². The van der Waals surface area contributed by atoms with E-state index >= 15 is 0 Å². The number of hydrogen-bond donors (Lipinski definition) is 0. The number of rotatable bonds is 1. The lowest BCUT2D eigenvalue weighted by atomic mass is 10.4. The second-order valence-electron chi connectivity index (χ2n) is 1.60. The highest BCUT2D eigenvalue weighted by Gasteiger charge is 1.87. The fourth-order valence-corrected chi connectivity index (χ4v) is 1.45. The van der Waals surface area contributed by atoms with Crippen LogP contribution in [0.3, 0.4) is 0 Å². The number of halogens is 2. The maximum absolute atomic E-state index is 5.59. The van der Waals surface area contributed by atoms with Crippen molar-refractivity contribution in [2.45, 2.75) is 0 Å². The summed E-state index contributed by atoms with van der Waals surface area (Å²) < 4.78 is 1.10. The SMILES string of the molecule is ClPc1ccc(Br)cc1. The summed E-state index contributed by atoms with van der Waals surface area (Å²) in [5.41, 5.74) is 0. The van der Waals surface area contributed by atoms with Crippen molar-refractivity contribution in [1.29, 1.82) is 0 Å². The zero-order valence-electron chi connectivity index (χ0n) is 4.57. The molecule has 1 rings (SSSR count). The molecule has 48 valence electrons. The Morgan fingerprint density at radius 1 is 1.22 bits per heavy atom. The molecule has 0 heterocycles. The molecule has 3 heteroatoms. The zero-order valence-corrected chi connectivity index (χ0v) is 7.91. The topological polar surface area (TPSA) is 0 Å². The Kier molecular flexibility index (Phi) is 2.97. The predicted octanol–water partition coefficient (Wildman–Crippen LogP) is 2.91. The lowest BCUT2D eigenvalue weighted by molar-refractivity contribution is 1.70. The first-order valence-electron chi connectivity index (χ1n) is 2.45. The first-order valence-corrected chi connectivity index (χ1v) is 5.25. The highest BCUT2D eigenvalue weighted by molar-refractivity contribution is 9.10. The number of benzene rings is 1. The van der Waals surface area contributed by atoms with Crippen LogP contribution in [0.25, 0.3) is 0 Å². The summed E-state index contributed by atoms with van der Waals surface area (Å²) in [5.74, 6) is 0. The van der Waals surface area contributed by atoms with E-state index in [1.165, 1.54) is 5.30 Å². The Balaban J connectivity index is 2.88. The van der Waals surface area contributed by atoms with Gasteiger partial charge in [-0.05, 0) is 17.4 Å². The van der Waals surface area contributed by atoms with Gasteiger partial charge in [0.05, 0.1) is 0 Å². The van der Waals surface area contributed by atoms with Gasteiger partial charge in [0.15, 0.2) is 0 Å². The van der Waals surface area contributed by atoms with Crippen molar-refractivity contribution >= 4 is 40.4 Å². The Labute approximate surface area is 69.3 Å². The van der Waals surface area contributed by atoms with Crippen LogP contribution in [-0.2, 0) is 0 Å². The predicted molar refractivity (Wildman–Crippen MR) is 47.9 cm³/mol. The molecule has 0 nitrogen and oxygen atoms in total. The van der Waals surface area contributed by atoms with Gasteiger partial charge in [-0.2, -0.15) is 0 Å². The molecule has 0 fully saturated rings. The van der Waals surface area contributed by atoms with E-state index in [-0.39, 0.29) is 0 Å². The van der Waals surface area contributed by atoms with Gasteiger partial charge in [-0.1, -0.05) is 39.3 Å². The third-order valence-corrected chi connectivity index (χ3v) is 2.69. The molecule has 1 atom stereocenters. The molecule has 0 bridgehead atoms. The van der Waals surface area contributed by atoms with E-state index in [0.29, 0.717) is 7.93 Å². The molecular weight excluding hydrogens is 218 g/mol. The first kappa shape index (κ1) is 7.53. The summed E-state index contributed by atoms with van der Waals surface area (Å²) in [6.45, 7) is 0. The Hall–Kier alpha value is 0.420. The average Bonchev–Trinajstić information content (AvgIpc) is 1.90. The summed E-state index contributed by atoms with van der Waals surface area (Å²) >= 11 is 8.93. The van der Waals surface area contributed by atoms with Gasteiger partial charge < -0.3 is 0 Å². The average molecular weight is 223 g/mol. The van der Waals surface area contributed by atoms with E-state index in [2.05, 4.69) is 15.9 Å². The smallest absolute Gasteiger partial charge is 0.0175 e. The van der Waals surface area contributed by atoms with Crippen molar-refractivity contribution in [3.05, 3.63) is 28.7 Å². The molecule has 1 aromatic carbocycles. The third-order valence-electron chi connectivity index (χ3n) is 0.953. The van der Waals surface area contributed by atoms with Crippen LogP contribution in [0.15, 0.2) is 28.7 Å². The Bertz CT molecular complexity index is 185. The van der Waals surface area contributed by atoms with Gasteiger partial charge in [0.25, 0.3) is 0 Å². The zero-order chi connectivity index (χ0) is 6.69. The van der Waals surface area contributed by atoms with Crippen molar-refractivity contribution in [3.8, 4) is 0 Å². The molecule has 0 radical (unpaired) electrons. The molecule has 0 aliphatic heterocycles. The lowest BCUT2D eigenvalue weighted by Gasteiger charge is -1.91. The highest BCUT2D eigenvalue weighted by Crippen LogP contribution is 2.16. The maximum atomic E-state index is 5.59. The summed E-state index contributed by atoms with van der Waals surface area (Å²) in [6, 6.07) is 8.00. The summed E-state index contributed by atoms with van der Waals surface area (Å²) in [4.78, 5) is 0. The van der Waals surface area contributed by atoms with E-state index < -0.39 is 0 Å². The van der Waals surface area contributed by atoms with Crippen LogP contribution in [-0.4, -0.2) is 0 Å². The number of hydrogen-bond acceptors (Lipinski definition) is 0. The fraction of sp³-hybridized carbons (Fsp3) is 0. The Morgan fingerprint density at radius 3 is 2.22 bits per heavy atom. The lowest BCUT2D eigenvalue weighted by Crippen LogP contribution is -1.87. The monoisotopic (exact) mass is 222 g/mol. The summed E-state index contributed by atoms with van der Waals surface area (Å²) in [6.07, 6.45) is 0. The summed E-state index contributed by atoms with van der Waals surface area (Å²) in [5, 5.41) is 1.18. The standard InChI is InChI=1S/C6H5BrClP/c7-5-1-3-6(9-8)4-2-5/h1-4,9H. The van der Waals surface area contributed by atoms with E-state index in [1.807, 2.05) is 24.3 Å². The normalized spacial score (nSPS) is 10.9. The van der Waals surface area contributed by atoms with E-state index in [0.717, 1.165) is 4.47 Å². The van der Waals surface area contributed by atoms with E-state index in [9.17, 15) is 0 Å². The van der Waals surface area contributed by atoms with Gasteiger partial charge in [-0.15, -0.1) is 0 Å². The van der Waals surface area contributed by atoms with Crippen LogP contribution in [0, 0.1) is 0 Å². The fourth-order valence-electron chi connectivity index (χ4n) is 0.513. The summed E-state index contributed by atoms with van der Waals surface area (Å²) in [7, 11) is 0.378. The second kappa shape index (κ2) is 3.55. The van der Waals surface area contributed by atoms with Crippen LogP contribution in [0.2, 0.25) is 0 Å². The van der Waals surface area contributed by atoms with Crippen LogP contribution in [0.5, 0.6) is 0 Å². The van der Waals surface area contributed by atoms with E-state index in [4.69, 9.17) is 11.2 Å². The quantitative estimate of drug-likeness (QED) is 0.642. The van der Waals surface area contributed by atoms with Gasteiger partial charge in [-0.25, -0.2) is 0 Å². The largest absolute Gasteiger partial charge is 0.0948 e. The van der Waals surface area contributed by atoms with Crippen LogP contribution in [0.1, 0.15) is 0 Å². The minimum Gasteiger partial charge on any atom is -0.0948 e. The van der Waals surface area contributed by atoms with Crippen molar-refractivity contribution in [1.82, 2.24) is 0 Å². The molecule has 0 aliphatic carbocycles. The van der Waals surface area contributed by atoms with Crippen molar-refractivity contribution in [2.24, 2.45) is 0 Å². The van der Waals surface area contributed by atoms with Crippen molar-refractivity contribution in [2.75, 3.05) is 0 Å². The third kappa shape index (κ3) is 2.25. The molecule has 0 aliphatic rings. The van der Waals surface area contributed by atoms with Crippen molar-refractivity contribution in [3.63, 3.8) is 0 Å². The van der Waals surface area contributed by atoms with Crippen molar-refractivity contribution < 1.29 is 0 Å². The first-order chi connectivity index (χ1) is 4.33. The van der Waals surface area contributed by atoms with Gasteiger partial charge in [0.2, 0.25) is 0 Å². The van der Waals surface area contributed by atoms with Gasteiger partial charge in [0, 0.05) is 12.4 Å². The molecule has 0 spiro atoms. The minimum absolute atomic E-state index is 0.378. The molecular formula is C6H5BrClP. The van der Waals surface area contributed by atoms with E-state index in [1.54, 1.807) is 0 Å². The Morgan fingerprint density at radius 2 is 1.78 bits per heavy atom. The molecule has 0 amide bonds. The minimum atomic E-state index is 0.378. The maximum Gasteiger partial charge on any atom is 0.0175 e. The van der Waals surface area contributed by atoms with Crippen LogP contribution >= 0.6 is 35.1 Å². The molecule has 0 N–H and O–H groups in total. The molecule has 0 saturated heterocycles. The van der Waals surface area contributed by atoms with Gasteiger partial charge in [0.1, 0.15) is 0 Å². The van der Waals surface area contributed by atoms with Crippen LogP contribution < -0.4 is 5.30 Å². The molecule has 9 heavy (non-hydrogen) atoms. The van der Waals surface area contributed by atoms with Gasteiger partial charge >= 0.3 is 0 Å². The molecule has 1 unspecified atom stereocenters. The highest BCUT2D eigenvalue weighted by atomic mass is 79.9. The molecule has 0 saturated carbocycles. The molecule has 0 aromatic heterocycles.